The van der Waals surface area contributed by atoms with E-state index >= 15 is 0 Å². The summed E-state index contributed by atoms with van der Waals surface area (Å²) in [6, 6.07) is 5.03. The number of nitrogens with two attached hydrogens (primary N) is 1. The zero-order valence-electron chi connectivity index (χ0n) is 10.4. The SMILES string of the molecule is Cc1nnc(NC(=O)c2ccc(Br)cc2N)nc1C. The first kappa shape index (κ1) is 13.4. The second kappa shape index (κ2) is 5.31. The number of nitrogen functional groups attached to an aromatic ring is 1. The topological polar surface area (TPSA) is 93.8 Å². The summed E-state index contributed by atoms with van der Waals surface area (Å²) in [4.78, 5) is 16.2. The molecule has 0 aliphatic carbocycles. The van der Waals surface area contributed by atoms with Gasteiger partial charge in [0.2, 0.25) is 5.95 Å². The predicted molar refractivity (Wildman–Crippen MR) is 75.8 cm³/mol. The number of anilines is 2. The molecular formula is C12H12BrN5O. The molecule has 0 unspecified atom stereocenters. The van der Waals surface area contributed by atoms with Crippen molar-refractivity contribution >= 4 is 33.5 Å². The Morgan fingerprint density at radius 3 is 2.63 bits per heavy atom. The number of nitrogens with one attached hydrogen (secondary N) is 1. The van der Waals surface area contributed by atoms with E-state index in [9.17, 15) is 4.79 Å². The summed E-state index contributed by atoms with van der Waals surface area (Å²) in [6.45, 7) is 3.60. The van der Waals surface area contributed by atoms with Gasteiger partial charge in [-0.1, -0.05) is 15.9 Å². The number of hydrogen-bond acceptors (Lipinski definition) is 5. The Bertz CT molecular complexity index is 644. The zero-order chi connectivity index (χ0) is 14.0. The third kappa shape index (κ3) is 3.05. The van der Waals surface area contributed by atoms with Crippen molar-refractivity contribution in [1.29, 1.82) is 0 Å². The molecule has 2 aromatic rings. The number of aromatic nitrogens is 3. The number of hydrogen-bond donors (Lipinski definition) is 2. The van der Waals surface area contributed by atoms with Gasteiger partial charge in [0.15, 0.2) is 0 Å². The third-order valence-electron chi connectivity index (χ3n) is 2.58. The van der Waals surface area contributed by atoms with Crippen molar-refractivity contribution in [2.45, 2.75) is 13.8 Å². The molecule has 98 valence electrons. The van der Waals surface area contributed by atoms with Crippen LogP contribution in [-0.2, 0) is 0 Å². The Morgan fingerprint density at radius 1 is 1.26 bits per heavy atom. The maximum absolute atomic E-state index is 12.0. The van der Waals surface area contributed by atoms with Gasteiger partial charge in [-0.25, -0.2) is 4.98 Å². The van der Waals surface area contributed by atoms with Crippen molar-refractivity contribution < 1.29 is 4.79 Å². The van der Waals surface area contributed by atoms with Crippen LogP contribution in [0.15, 0.2) is 22.7 Å². The van der Waals surface area contributed by atoms with E-state index in [1.54, 1.807) is 32.0 Å². The van der Waals surface area contributed by atoms with Crippen LogP contribution in [0.5, 0.6) is 0 Å². The molecular weight excluding hydrogens is 310 g/mol. The molecule has 0 spiro atoms. The molecule has 0 atom stereocenters. The molecule has 0 bridgehead atoms. The Morgan fingerprint density at radius 2 is 2.00 bits per heavy atom. The van der Waals surface area contributed by atoms with Gasteiger partial charge in [0.25, 0.3) is 5.91 Å². The van der Waals surface area contributed by atoms with Gasteiger partial charge in [-0.3, -0.25) is 10.1 Å². The number of carbonyl (C=O) groups is 1. The highest BCUT2D eigenvalue weighted by Gasteiger charge is 2.12. The fraction of sp³-hybridized carbons (Fsp3) is 0.167. The lowest BCUT2D eigenvalue weighted by Crippen LogP contribution is -2.17. The fourth-order valence-corrected chi connectivity index (χ4v) is 1.80. The molecule has 1 heterocycles. The number of amides is 1. The minimum Gasteiger partial charge on any atom is -0.398 e. The molecule has 7 heteroatoms. The van der Waals surface area contributed by atoms with Crippen molar-refractivity contribution in [3.8, 4) is 0 Å². The fourth-order valence-electron chi connectivity index (χ4n) is 1.42. The average Bonchev–Trinajstić information content (AvgIpc) is 2.33. The van der Waals surface area contributed by atoms with E-state index in [1.807, 2.05) is 0 Å². The van der Waals surface area contributed by atoms with E-state index < -0.39 is 0 Å². The number of aryl methyl sites for hydroxylation is 2. The van der Waals surface area contributed by atoms with Gasteiger partial charge in [-0.2, -0.15) is 5.10 Å². The van der Waals surface area contributed by atoms with E-state index in [2.05, 4.69) is 36.4 Å². The number of carbonyl (C=O) groups excluding carboxylic acids is 1. The molecule has 2 rings (SSSR count). The summed E-state index contributed by atoms with van der Waals surface area (Å²) >= 11 is 3.28. The number of nitrogens with zero attached hydrogens (tertiary/aromatic N) is 3. The summed E-state index contributed by atoms with van der Waals surface area (Å²) in [5.74, 6) is -0.203. The first-order valence-corrected chi connectivity index (χ1v) is 6.31. The lowest BCUT2D eigenvalue weighted by Gasteiger charge is -2.07. The van der Waals surface area contributed by atoms with E-state index in [4.69, 9.17) is 5.73 Å². The molecule has 1 aromatic carbocycles. The minimum atomic E-state index is -0.366. The molecule has 3 N–H and O–H groups in total. The molecule has 1 aromatic heterocycles. The summed E-state index contributed by atoms with van der Waals surface area (Å²) in [5, 5.41) is 10.3. The van der Waals surface area contributed by atoms with Crippen LogP contribution in [0.3, 0.4) is 0 Å². The smallest absolute Gasteiger partial charge is 0.260 e. The molecule has 0 radical (unpaired) electrons. The molecule has 0 saturated carbocycles. The average molecular weight is 322 g/mol. The van der Waals surface area contributed by atoms with Crippen LogP contribution in [0.2, 0.25) is 0 Å². The summed E-state index contributed by atoms with van der Waals surface area (Å²) in [7, 11) is 0. The first-order chi connectivity index (χ1) is 8.97. The van der Waals surface area contributed by atoms with Gasteiger partial charge in [-0.05, 0) is 32.0 Å². The Kier molecular flexibility index (Phi) is 3.75. The second-order valence-electron chi connectivity index (χ2n) is 3.99. The van der Waals surface area contributed by atoms with Gasteiger partial charge in [0.05, 0.1) is 17.0 Å². The van der Waals surface area contributed by atoms with E-state index in [1.165, 1.54) is 0 Å². The Balaban J connectivity index is 2.23. The van der Waals surface area contributed by atoms with Crippen molar-refractivity contribution in [3.63, 3.8) is 0 Å². The van der Waals surface area contributed by atoms with Crippen LogP contribution in [0.4, 0.5) is 11.6 Å². The van der Waals surface area contributed by atoms with E-state index in [0.29, 0.717) is 16.9 Å². The largest absolute Gasteiger partial charge is 0.398 e. The van der Waals surface area contributed by atoms with Crippen LogP contribution in [-0.4, -0.2) is 21.1 Å². The molecule has 0 aliphatic heterocycles. The first-order valence-electron chi connectivity index (χ1n) is 5.51. The van der Waals surface area contributed by atoms with E-state index in [-0.39, 0.29) is 11.9 Å². The highest BCUT2D eigenvalue weighted by molar-refractivity contribution is 9.10. The van der Waals surface area contributed by atoms with Crippen LogP contribution in [0.1, 0.15) is 21.7 Å². The van der Waals surface area contributed by atoms with Crippen molar-refractivity contribution in [3.05, 3.63) is 39.6 Å². The molecule has 0 saturated heterocycles. The minimum absolute atomic E-state index is 0.162. The lowest BCUT2D eigenvalue weighted by molar-refractivity contribution is 0.102. The third-order valence-corrected chi connectivity index (χ3v) is 3.07. The van der Waals surface area contributed by atoms with Crippen LogP contribution < -0.4 is 11.1 Å². The lowest BCUT2D eigenvalue weighted by atomic mass is 10.2. The Labute approximate surface area is 118 Å². The molecule has 1 amide bonds. The maximum atomic E-state index is 12.0. The maximum Gasteiger partial charge on any atom is 0.260 e. The van der Waals surface area contributed by atoms with Crippen LogP contribution >= 0.6 is 15.9 Å². The van der Waals surface area contributed by atoms with Gasteiger partial charge < -0.3 is 5.73 Å². The Hall–Kier alpha value is -2.02. The van der Waals surface area contributed by atoms with Gasteiger partial charge >= 0.3 is 0 Å². The normalized spacial score (nSPS) is 10.3. The molecule has 19 heavy (non-hydrogen) atoms. The number of benzene rings is 1. The highest BCUT2D eigenvalue weighted by Crippen LogP contribution is 2.19. The highest BCUT2D eigenvalue weighted by atomic mass is 79.9. The number of halogens is 1. The summed E-state index contributed by atoms with van der Waals surface area (Å²) in [6.07, 6.45) is 0. The second-order valence-corrected chi connectivity index (χ2v) is 4.91. The molecule has 6 nitrogen and oxygen atoms in total. The molecule has 0 fully saturated rings. The number of rotatable bonds is 2. The zero-order valence-corrected chi connectivity index (χ0v) is 12.0. The standard InChI is InChI=1S/C12H12BrN5O/c1-6-7(2)17-18-12(15-6)16-11(19)9-4-3-8(13)5-10(9)14/h3-5H,14H2,1-2H3,(H,15,16,18,19). The van der Waals surface area contributed by atoms with Crippen LogP contribution in [0.25, 0.3) is 0 Å². The van der Waals surface area contributed by atoms with Crippen LogP contribution in [0, 0.1) is 13.8 Å². The summed E-state index contributed by atoms with van der Waals surface area (Å²) < 4.78 is 0.811. The van der Waals surface area contributed by atoms with Crippen molar-refractivity contribution in [2.75, 3.05) is 11.1 Å². The van der Waals surface area contributed by atoms with Crippen molar-refractivity contribution in [2.24, 2.45) is 0 Å². The predicted octanol–water partition coefficient (Wildman–Crippen LogP) is 2.09. The van der Waals surface area contributed by atoms with Crippen molar-refractivity contribution in [1.82, 2.24) is 15.2 Å². The summed E-state index contributed by atoms with van der Waals surface area (Å²) in [5.41, 5.74) is 7.97. The van der Waals surface area contributed by atoms with Gasteiger partial charge in [-0.15, -0.1) is 5.10 Å². The van der Waals surface area contributed by atoms with Gasteiger partial charge in [0.1, 0.15) is 0 Å². The quantitative estimate of drug-likeness (QED) is 0.826. The van der Waals surface area contributed by atoms with E-state index in [0.717, 1.165) is 10.2 Å². The molecule has 0 aliphatic rings. The van der Waals surface area contributed by atoms with Gasteiger partial charge in [0, 0.05) is 10.2 Å². The monoisotopic (exact) mass is 321 g/mol.